The average Bonchev–Trinajstić information content (AvgIpc) is 2.76. The molecule has 1 aromatic rings. The number of nitrogens with one attached hydrogen (secondary N) is 1. The quantitative estimate of drug-likeness (QED) is 0.674. The molecule has 2 aliphatic rings. The Morgan fingerprint density at radius 3 is 2.90 bits per heavy atom. The van der Waals surface area contributed by atoms with Gasteiger partial charge in [-0.25, -0.2) is 0 Å². The van der Waals surface area contributed by atoms with Crippen molar-refractivity contribution in [2.45, 2.75) is 50.3 Å². The number of aliphatic hydroxyl groups excluding tert-OH is 1. The normalized spacial score (nSPS) is 33.1. The number of hydrogen-bond donors (Lipinski definition) is 4. The minimum atomic E-state index is -0.343. The van der Waals surface area contributed by atoms with Gasteiger partial charge in [-0.05, 0) is 61.8 Å². The summed E-state index contributed by atoms with van der Waals surface area (Å²) in [5.74, 6) is 0.884. The third-order valence-corrected chi connectivity index (χ3v) is 4.81. The lowest BCUT2D eigenvalue weighted by molar-refractivity contribution is 0.161. The predicted molar refractivity (Wildman–Crippen MR) is 78.5 cm³/mol. The van der Waals surface area contributed by atoms with Crippen LogP contribution in [0.2, 0.25) is 0 Å². The van der Waals surface area contributed by atoms with E-state index < -0.39 is 0 Å². The highest BCUT2D eigenvalue weighted by molar-refractivity contribution is 5.42. The summed E-state index contributed by atoms with van der Waals surface area (Å²) in [5, 5.41) is 23.3. The first-order valence-corrected chi connectivity index (χ1v) is 7.63. The molecule has 1 aromatic carbocycles. The summed E-state index contributed by atoms with van der Waals surface area (Å²) < 4.78 is 0. The highest BCUT2D eigenvalue weighted by Crippen LogP contribution is 2.35. The molecule has 20 heavy (non-hydrogen) atoms. The van der Waals surface area contributed by atoms with Gasteiger partial charge in [0.1, 0.15) is 5.75 Å². The molecule has 110 valence electrons. The second-order valence-corrected chi connectivity index (χ2v) is 6.27. The minimum absolute atomic E-state index is 0.0653. The second-order valence-electron chi connectivity index (χ2n) is 6.27. The van der Waals surface area contributed by atoms with Crippen LogP contribution in [0.25, 0.3) is 0 Å². The van der Waals surface area contributed by atoms with E-state index >= 15 is 0 Å². The molecule has 2 aliphatic carbocycles. The van der Waals surface area contributed by atoms with Crippen molar-refractivity contribution in [2.75, 3.05) is 6.54 Å². The van der Waals surface area contributed by atoms with Gasteiger partial charge in [0, 0.05) is 12.1 Å². The van der Waals surface area contributed by atoms with E-state index in [0.29, 0.717) is 17.7 Å². The fourth-order valence-electron chi connectivity index (χ4n) is 3.67. The van der Waals surface area contributed by atoms with Crippen molar-refractivity contribution < 1.29 is 10.2 Å². The molecule has 1 fully saturated rings. The standard InChI is InChI=1S/C16H24N2O2/c17-13-7-10(8-16(13)20)9-18-14-5-1-4-12-11(14)3-2-6-15(12)19/h2-3,6,10,13-14,16,18-20H,1,4-5,7-9,17H2/t10-,13+,14?,16+/m0/s1. The van der Waals surface area contributed by atoms with Crippen molar-refractivity contribution in [1.82, 2.24) is 5.32 Å². The number of hydrogen-bond acceptors (Lipinski definition) is 4. The first-order chi connectivity index (χ1) is 9.65. The Bertz CT molecular complexity index is 468. The maximum atomic E-state index is 9.95. The molecule has 0 spiro atoms. The summed E-state index contributed by atoms with van der Waals surface area (Å²) in [4.78, 5) is 0. The molecule has 4 atom stereocenters. The summed E-state index contributed by atoms with van der Waals surface area (Å²) >= 11 is 0. The molecule has 0 heterocycles. The summed E-state index contributed by atoms with van der Waals surface area (Å²) in [6.07, 6.45) is 4.53. The van der Waals surface area contributed by atoms with Crippen molar-refractivity contribution >= 4 is 0 Å². The SMILES string of the molecule is N[C@@H]1C[C@H](CNC2CCCc3c(O)cccc32)C[C@H]1O. The molecule has 5 N–H and O–H groups in total. The zero-order valence-corrected chi connectivity index (χ0v) is 11.8. The van der Waals surface area contributed by atoms with E-state index in [0.717, 1.165) is 44.2 Å². The molecule has 0 aliphatic heterocycles. The van der Waals surface area contributed by atoms with Gasteiger partial charge in [0.15, 0.2) is 0 Å². The van der Waals surface area contributed by atoms with Crippen molar-refractivity contribution in [3.05, 3.63) is 29.3 Å². The number of phenolic OH excluding ortho intramolecular Hbond substituents is 1. The maximum absolute atomic E-state index is 9.95. The largest absolute Gasteiger partial charge is 0.508 e. The van der Waals surface area contributed by atoms with Crippen LogP contribution < -0.4 is 11.1 Å². The molecule has 0 radical (unpaired) electrons. The third-order valence-electron chi connectivity index (χ3n) is 4.81. The molecule has 0 saturated heterocycles. The number of phenols is 1. The summed E-state index contributed by atoms with van der Waals surface area (Å²) in [7, 11) is 0. The van der Waals surface area contributed by atoms with Gasteiger partial charge in [-0.2, -0.15) is 0 Å². The summed E-state index contributed by atoms with van der Waals surface area (Å²) in [6.45, 7) is 0.893. The van der Waals surface area contributed by atoms with Gasteiger partial charge in [-0.1, -0.05) is 12.1 Å². The number of rotatable bonds is 3. The lowest BCUT2D eigenvalue weighted by atomic mass is 9.87. The number of fused-ring (bicyclic) bond motifs is 1. The van der Waals surface area contributed by atoms with Crippen LogP contribution in [0.1, 0.15) is 42.9 Å². The fourth-order valence-corrected chi connectivity index (χ4v) is 3.67. The van der Waals surface area contributed by atoms with E-state index in [1.807, 2.05) is 6.07 Å². The maximum Gasteiger partial charge on any atom is 0.119 e. The van der Waals surface area contributed by atoms with Crippen LogP contribution in [-0.2, 0) is 6.42 Å². The van der Waals surface area contributed by atoms with E-state index in [9.17, 15) is 10.2 Å². The minimum Gasteiger partial charge on any atom is -0.508 e. The molecule has 0 bridgehead atoms. The topological polar surface area (TPSA) is 78.5 Å². The lowest BCUT2D eigenvalue weighted by Crippen LogP contribution is -2.30. The van der Waals surface area contributed by atoms with E-state index in [2.05, 4.69) is 11.4 Å². The van der Waals surface area contributed by atoms with Crippen molar-refractivity contribution in [2.24, 2.45) is 11.7 Å². The molecule has 4 heteroatoms. The van der Waals surface area contributed by atoms with Gasteiger partial charge in [0.2, 0.25) is 0 Å². The lowest BCUT2D eigenvalue weighted by Gasteiger charge is -2.28. The Labute approximate surface area is 120 Å². The summed E-state index contributed by atoms with van der Waals surface area (Å²) in [5.41, 5.74) is 8.19. The Kier molecular flexibility index (Phi) is 3.96. The zero-order chi connectivity index (χ0) is 14.1. The highest BCUT2D eigenvalue weighted by atomic mass is 16.3. The van der Waals surface area contributed by atoms with Crippen LogP contribution in [0.4, 0.5) is 0 Å². The highest BCUT2D eigenvalue weighted by Gasteiger charge is 2.31. The van der Waals surface area contributed by atoms with Crippen LogP contribution in [0, 0.1) is 5.92 Å². The molecule has 3 rings (SSSR count). The van der Waals surface area contributed by atoms with Crippen LogP contribution in [0.3, 0.4) is 0 Å². The molecule has 1 saturated carbocycles. The number of benzene rings is 1. The van der Waals surface area contributed by atoms with Crippen molar-refractivity contribution in [1.29, 1.82) is 0 Å². The molecule has 0 aromatic heterocycles. The number of aliphatic hydroxyl groups is 1. The van der Waals surface area contributed by atoms with Crippen LogP contribution in [0.15, 0.2) is 18.2 Å². The van der Waals surface area contributed by atoms with E-state index in [1.54, 1.807) is 6.07 Å². The first kappa shape index (κ1) is 13.9. The Morgan fingerprint density at radius 1 is 1.30 bits per heavy atom. The monoisotopic (exact) mass is 276 g/mol. The van der Waals surface area contributed by atoms with Gasteiger partial charge in [0.25, 0.3) is 0 Å². The van der Waals surface area contributed by atoms with Gasteiger partial charge in [-0.15, -0.1) is 0 Å². The Morgan fingerprint density at radius 2 is 2.15 bits per heavy atom. The van der Waals surface area contributed by atoms with Gasteiger partial charge in [-0.3, -0.25) is 0 Å². The summed E-state index contributed by atoms with van der Waals surface area (Å²) in [6, 6.07) is 6.06. The number of nitrogens with two attached hydrogens (primary N) is 1. The van der Waals surface area contributed by atoms with Crippen LogP contribution >= 0.6 is 0 Å². The fraction of sp³-hybridized carbons (Fsp3) is 0.625. The van der Waals surface area contributed by atoms with E-state index in [1.165, 1.54) is 5.56 Å². The van der Waals surface area contributed by atoms with Crippen molar-refractivity contribution in [3.63, 3.8) is 0 Å². The average molecular weight is 276 g/mol. The third kappa shape index (κ3) is 2.68. The molecular formula is C16H24N2O2. The predicted octanol–water partition coefficient (Wildman–Crippen LogP) is 1.46. The van der Waals surface area contributed by atoms with Crippen LogP contribution in [-0.4, -0.2) is 28.9 Å². The van der Waals surface area contributed by atoms with Crippen LogP contribution in [0.5, 0.6) is 5.75 Å². The van der Waals surface area contributed by atoms with Gasteiger partial charge >= 0.3 is 0 Å². The molecular weight excluding hydrogens is 252 g/mol. The Hall–Kier alpha value is -1.10. The van der Waals surface area contributed by atoms with Crippen molar-refractivity contribution in [3.8, 4) is 5.75 Å². The molecule has 4 nitrogen and oxygen atoms in total. The molecule has 1 unspecified atom stereocenters. The van der Waals surface area contributed by atoms with Gasteiger partial charge in [0.05, 0.1) is 6.10 Å². The van der Waals surface area contributed by atoms with E-state index in [4.69, 9.17) is 5.73 Å². The second kappa shape index (κ2) is 5.72. The number of aromatic hydroxyl groups is 1. The van der Waals surface area contributed by atoms with E-state index in [-0.39, 0.29) is 12.1 Å². The first-order valence-electron chi connectivity index (χ1n) is 7.63. The Balaban J connectivity index is 1.64. The molecule has 0 amide bonds. The van der Waals surface area contributed by atoms with Gasteiger partial charge < -0.3 is 21.3 Å². The smallest absolute Gasteiger partial charge is 0.119 e. The zero-order valence-electron chi connectivity index (χ0n) is 11.8.